The number of rotatable bonds is 6. The third kappa shape index (κ3) is 4.18. The minimum absolute atomic E-state index is 0.209. The van der Waals surface area contributed by atoms with E-state index in [9.17, 15) is 14.4 Å². The molecule has 0 spiro atoms. The van der Waals surface area contributed by atoms with Gasteiger partial charge in [-0.2, -0.15) is 0 Å². The van der Waals surface area contributed by atoms with Crippen molar-refractivity contribution in [3.8, 4) is 5.75 Å². The molecule has 11 heteroatoms. The van der Waals surface area contributed by atoms with E-state index in [0.717, 1.165) is 11.3 Å². The quantitative estimate of drug-likeness (QED) is 0.462. The highest BCUT2D eigenvalue weighted by Gasteiger charge is 2.21. The number of thiazole rings is 1. The molecule has 158 valence electrons. The highest BCUT2D eigenvalue weighted by Crippen LogP contribution is 2.29. The van der Waals surface area contributed by atoms with Crippen LogP contribution in [0.5, 0.6) is 5.75 Å². The summed E-state index contributed by atoms with van der Waals surface area (Å²) in [4.78, 5) is 47.1. The van der Waals surface area contributed by atoms with Crippen molar-refractivity contribution in [3.63, 3.8) is 0 Å². The van der Waals surface area contributed by atoms with Gasteiger partial charge in [-0.3, -0.25) is 19.0 Å². The number of nitrogens with one attached hydrogen (secondary N) is 2. The molecule has 0 saturated heterocycles. The molecular weight excluding hydrogens is 438 g/mol. The van der Waals surface area contributed by atoms with Crippen LogP contribution in [0.25, 0.3) is 10.2 Å². The van der Waals surface area contributed by atoms with E-state index in [1.54, 1.807) is 42.8 Å². The fourth-order valence-electron chi connectivity index (χ4n) is 3.01. The molecule has 0 bridgehead atoms. The maximum absolute atomic E-state index is 13.0. The average Bonchev–Trinajstić information content (AvgIpc) is 3.38. The normalized spacial score (nSPS) is 10.8. The Kier molecular flexibility index (Phi) is 5.78. The second-order valence-corrected chi connectivity index (χ2v) is 8.35. The molecule has 4 rings (SSSR count). The molecule has 3 aromatic heterocycles. The van der Waals surface area contributed by atoms with Crippen LogP contribution in [0.3, 0.4) is 0 Å². The Morgan fingerprint density at radius 1 is 1.19 bits per heavy atom. The number of carbonyl (C=O) groups excluding carboxylic acids is 2. The van der Waals surface area contributed by atoms with Crippen LogP contribution in [-0.4, -0.2) is 33.5 Å². The number of amides is 2. The zero-order chi connectivity index (χ0) is 22.0. The summed E-state index contributed by atoms with van der Waals surface area (Å²) < 4.78 is 6.48. The molecule has 0 aliphatic heterocycles. The van der Waals surface area contributed by atoms with E-state index in [4.69, 9.17) is 4.74 Å². The largest absolute Gasteiger partial charge is 0.495 e. The SMILES string of the molecule is COc1ccccc1NC(=O)c1sc2ncn(CC(=O)Nc3nccs3)c(=O)c2c1C. The van der Waals surface area contributed by atoms with Crippen molar-refractivity contribution in [2.45, 2.75) is 13.5 Å². The van der Waals surface area contributed by atoms with E-state index in [-0.39, 0.29) is 23.9 Å². The Morgan fingerprint density at radius 3 is 2.74 bits per heavy atom. The van der Waals surface area contributed by atoms with Crippen molar-refractivity contribution < 1.29 is 14.3 Å². The van der Waals surface area contributed by atoms with Gasteiger partial charge in [-0.15, -0.1) is 22.7 Å². The molecule has 0 fully saturated rings. The van der Waals surface area contributed by atoms with Crippen molar-refractivity contribution in [2.24, 2.45) is 0 Å². The summed E-state index contributed by atoms with van der Waals surface area (Å²) in [7, 11) is 1.52. The summed E-state index contributed by atoms with van der Waals surface area (Å²) in [6, 6.07) is 7.05. The summed E-state index contributed by atoms with van der Waals surface area (Å²) in [6.45, 7) is 1.48. The minimum atomic E-state index is -0.389. The molecule has 1 aromatic carbocycles. The van der Waals surface area contributed by atoms with Gasteiger partial charge in [0.25, 0.3) is 11.5 Å². The van der Waals surface area contributed by atoms with Crippen LogP contribution in [0.15, 0.2) is 47.0 Å². The summed E-state index contributed by atoms with van der Waals surface area (Å²) >= 11 is 2.41. The molecule has 0 radical (unpaired) electrons. The average molecular weight is 456 g/mol. The first kappa shape index (κ1) is 20.7. The number of hydrogen-bond donors (Lipinski definition) is 2. The number of anilines is 2. The van der Waals surface area contributed by atoms with Gasteiger partial charge in [0.15, 0.2) is 5.13 Å². The maximum Gasteiger partial charge on any atom is 0.266 e. The van der Waals surface area contributed by atoms with Gasteiger partial charge in [0.1, 0.15) is 17.1 Å². The number of methoxy groups -OCH3 is 1. The van der Waals surface area contributed by atoms with Gasteiger partial charge in [-0.05, 0) is 24.6 Å². The number of carbonyl (C=O) groups is 2. The number of hydrogen-bond acceptors (Lipinski definition) is 8. The number of fused-ring (bicyclic) bond motifs is 1. The third-order valence-corrected chi connectivity index (χ3v) is 6.36. The van der Waals surface area contributed by atoms with Gasteiger partial charge in [0.2, 0.25) is 5.91 Å². The smallest absolute Gasteiger partial charge is 0.266 e. The van der Waals surface area contributed by atoms with Gasteiger partial charge < -0.3 is 15.4 Å². The van der Waals surface area contributed by atoms with Crippen LogP contribution in [0, 0.1) is 6.92 Å². The molecule has 2 amide bonds. The van der Waals surface area contributed by atoms with Crippen molar-refractivity contribution in [2.75, 3.05) is 17.7 Å². The van der Waals surface area contributed by atoms with Crippen molar-refractivity contribution in [3.05, 3.63) is 63.0 Å². The van der Waals surface area contributed by atoms with Gasteiger partial charge in [-0.25, -0.2) is 9.97 Å². The van der Waals surface area contributed by atoms with Crippen LogP contribution in [-0.2, 0) is 11.3 Å². The Hall–Kier alpha value is -3.57. The molecule has 2 N–H and O–H groups in total. The zero-order valence-electron chi connectivity index (χ0n) is 16.5. The molecule has 0 atom stereocenters. The molecule has 0 aliphatic carbocycles. The standard InChI is InChI=1S/C20H17N5O4S2/c1-11-15-18(31-16(11)17(27)23-12-5-3-4-6-13(12)29-2)22-10-25(19(15)28)9-14(26)24-20-21-7-8-30-20/h3-8,10H,9H2,1-2H3,(H,23,27)(H,21,24,26). The van der Waals surface area contributed by atoms with E-state index in [0.29, 0.717) is 37.2 Å². The van der Waals surface area contributed by atoms with E-state index in [1.165, 1.54) is 29.3 Å². The second-order valence-electron chi connectivity index (χ2n) is 6.45. The first-order chi connectivity index (χ1) is 15.0. The second kappa shape index (κ2) is 8.66. The fraction of sp³-hybridized carbons (Fsp3) is 0.150. The lowest BCUT2D eigenvalue weighted by Gasteiger charge is -2.09. The topological polar surface area (TPSA) is 115 Å². The Balaban J connectivity index is 1.61. The molecule has 0 aliphatic rings. The molecule has 9 nitrogen and oxygen atoms in total. The summed E-state index contributed by atoms with van der Waals surface area (Å²) in [5.41, 5.74) is 0.653. The predicted octanol–water partition coefficient (Wildman–Crippen LogP) is 3.12. The number of thiophene rings is 1. The van der Waals surface area contributed by atoms with Crippen LogP contribution in [0.2, 0.25) is 0 Å². The lowest BCUT2D eigenvalue weighted by molar-refractivity contribution is -0.116. The number of nitrogens with zero attached hydrogens (tertiary/aromatic N) is 3. The monoisotopic (exact) mass is 455 g/mol. The highest BCUT2D eigenvalue weighted by molar-refractivity contribution is 7.20. The minimum Gasteiger partial charge on any atom is -0.495 e. The Bertz CT molecular complexity index is 1330. The van der Waals surface area contributed by atoms with E-state index >= 15 is 0 Å². The molecule has 4 aromatic rings. The van der Waals surface area contributed by atoms with E-state index < -0.39 is 0 Å². The van der Waals surface area contributed by atoms with Crippen LogP contribution in [0.4, 0.5) is 10.8 Å². The van der Waals surface area contributed by atoms with Crippen molar-refractivity contribution in [1.29, 1.82) is 0 Å². The van der Waals surface area contributed by atoms with Gasteiger partial charge in [-0.1, -0.05) is 12.1 Å². The van der Waals surface area contributed by atoms with Crippen molar-refractivity contribution in [1.82, 2.24) is 14.5 Å². The maximum atomic E-state index is 13.0. The molecule has 0 saturated carbocycles. The Morgan fingerprint density at radius 2 is 2.00 bits per heavy atom. The van der Waals surface area contributed by atoms with Gasteiger partial charge >= 0.3 is 0 Å². The van der Waals surface area contributed by atoms with E-state index in [1.807, 2.05) is 0 Å². The fourth-order valence-corrected chi connectivity index (χ4v) is 4.59. The van der Waals surface area contributed by atoms with E-state index in [2.05, 4.69) is 20.6 Å². The van der Waals surface area contributed by atoms with Crippen LogP contribution >= 0.6 is 22.7 Å². The molecular formula is C20H17N5O4S2. The van der Waals surface area contributed by atoms with Crippen LogP contribution < -0.4 is 20.9 Å². The summed E-state index contributed by atoms with van der Waals surface area (Å²) in [5, 5.41) is 7.95. The number of benzene rings is 1. The molecule has 0 unspecified atom stereocenters. The zero-order valence-corrected chi connectivity index (χ0v) is 18.2. The summed E-state index contributed by atoms with van der Waals surface area (Å²) in [6.07, 6.45) is 2.89. The number of para-hydroxylation sites is 2. The van der Waals surface area contributed by atoms with Crippen molar-refractivity contribution >= 4 is 55.5 Å². The lowest BCUT2D eigenvalue weighted by Crippen LogP contribution is -2.27. The highest BCUT2D eigenvalue weighted by atomic mass is 32.1. The first-order valence-corrected chi connectivity index (χ1v) is 10.8. The summed E-state index contributed by atoms with van der Waals surface area (Å²) in [5.74, 6) is -0.223. The van der Waals surface area contributed by atoms with Crippen LogP contribution in [0.1, 0.15) is 15.2 Å². The first-order valence-electron chi connectivity index (χ1n) is 9.10. The van der Waals surface area contributed by atoms with Gasteiger partial charge in [0.05, 0.1) is 29.4 Å². The molecule has 31 heavy (non-hydrogen) atoms. The number of ether oxygens (including phenoxy) is 1. The predicted molar refractivity (Wildman–Crippen MR) is 120 cm³/mol. The third-order valence-electron chi connectivity index (χ3n) is 4.47. The number of aryl methyl sites for hydroxylation is 1. The number of aromatic nitrogens is 3. The molecule has 3 heterocycles. The Labute approximate surface area is 184 Å². The van der Waals surface area contributed by atoms with Gasteiger partial charge in [0, 0.05) is 11.6 Å². The lowest BCUT2D eigenvalue weighted by atomic mass is 10.2.